The normalized spacial score (nSPS) is 23.8. The molecule has 1 N–H and O–H groups in total. The van der Waals surface area contributed by atoms with E-state index in [4.69, 9.17) is 4.74 Å². The molecular formula is C19H22N4O4S. The molecule has 2 aliphatic rings. The van der Waals surface area contributed by atoms with Crippen LogP contribution < -0.4 is 5.56 Å². The summed E-state index contributed by atoms with van der Waals surface area (Å²) in [5.41, 5.74) is 0.838. The predicted molar refractivity (Wildman–Crippen MR) is 109 cm³/mol. The highest BCUT2D eigenvalue weighted by Gasteiger charge is 2.36. The summed E-state index contributed by atoms with van der Waals surface area (Å²) < 4.78 is 7.68. The summed E-state index contributed by atoms with van der Waals surface area (Å²) in [6, 6.07) is 6.56. The van der Waals surface area contributed by atoms with Gasteiger partial charge in [-0.2, -0.15) is 0 Å². The van der Waals surface area contributed by atoms with E-state index in [0.717, 1.165) is 23.4 Å². The van der Waals surface area contributed by atoms with Crippen LogP contribution in [0, 0.1) is 10.1 Å². The van der Waals surface area contributed by atoms with Gasteiger partial charge in [0.1, 0.15) is 0 Å². The molecule has 1 saturated heterocycles. The van der Waals surface area contributed by atoms with Gasteiger partial charge in [-0.05, 0) is 39.2 Å². The van der Waals surface area contributed by atoms with Crippen molar-refractivity contribution in [3.63, 3.8) is 0 Å². The number of fused-ring (bicyclic) bond motifs is 1. The Kier molecular flexibility index (Phi) is 4.67. The van der Waals surface area contributed by atoms with Gasteiger partial charge in [0, 0.05) is 18.7 Å². The number of aromatic nitrogens is 2. The fraction of sp³-hybridized carbons (Fsp3) is 0.474. The van der Waals surface area contributed by atoms with Crippen LogP contribution in [0.3, 0.4) is 0 Å². The second kappa shape index (κ2) is 6.89. The van der Waals surface area contributed by atoms with Crippen molar-refractivity contribution in [1.29, 1.82) is 0 Å². The molecule has 0 amide bonds. The first-order valence-electron chi connectivity index (χ1n) is 9.20. The Morgan fingerprint density at radius 3 is 2.93 bits per heavy atom. The molecule has 0 radical (unpaired) electrons. The molecule has 0 bridgehead atoms. The molecule has 1 aromatic heterocycles. The van der Waals surface area contributed by atoms with Crippen LogP contribution in [0.5, 0.6) is 0 Å². The zero-order valence-electron chi connectivity index (χ0n) is 16.0. The van der Waals surface area contributed by atoms with Gasteiger partial charge in [-0.25, -0.2) is 4.99 Å². The minimum Gasteiger partial charge on any atom is -0.375 e. The number of nitro benzene ring substituents is 1. The monoisotopic (exact) mass is 402 g/mol. The average Bonchev–Trinajstić information content (AvgIpc) is 2.97. The van der Waals surface area contributed by atoms with Gasteiger partial charge in [-0.15, -0.1) is 0 Å². The summed E-state index contributed by atoms with van der Waals surface area (Å²) in [5.74, 6) is 0.625. The highest BCUT2D eigenvalue weighted by Crippen LogP contribution is 2.45. The Bertz CT molecular complexity index is 1020. The second-order valence-electron chi connectivity index (χ2n) is 7.78. The van der Waals surface area contributed by atoms with Crippen LogP contribution in [-0.4, -0.2) is 32.0 Å². The number of nitro groups is 1. The number of hydrogen-bond acceptors (Lipinski definition) is 6. The molecule has 1 fully saturated rings. The highest BCUT2D eigenvalue weighted by molar-refractivity contribution is 8.14. The third-order valence-electron chi connectivity index (χ3n) is 5.17. The summed E-state index contributed by atoms with van der Waals surface area (Å²) in [6.07, 6.45) is 1.57. The van der Waals surface area contributed by atoms with Crippen LogP contribution in [0.15, 0.2) is 34.1 Å². The van der Waals surface area contributed by atoms with Crippen molar-refractivity contribution in [2.45, 2.75) is 50.5 Å². The zero-order valence-corrected chi connectivity index (χ0v) is 16.8. The van der Waals surface area contributed by atoms with Gasteiger partial charge in [0.15, 0.2) is 5.82 Å². The minimum atomic E-state index is -0.418. The quantitative estimate of drug-likeness (QED) is 0.615. The second-order valence-corrected chi connectivity index (χ2v) is 9.08. The van der Waals surface area contributed by atoms with E-state index in [1.807, 2.05) is 31.5 Å². The lowest BCUT2D eigenvalue weighted by molar-refractivity contribution is -0.384. The third-order valence-corrected chi connectivity index (χ3v) is 6.35. The lowest BCUT2D eigenvalue weighted by Gasteiger charge is -2.36. The van der Waals surface area contributed by atoms with Gasteiger partial charge in [0.2, 0.25) is 0 Å². The van der Waals surface area contributed by atoms with Gasteiger partial charge in [-0.3, -0.25) is 24.7 Å². The number of benzene rings is 1. The van der Waals surface area contributed by atoms with Gasteiger partial charge in [-0.1, -0.05) is 23.9 Å². The molecule has 0 saturated carbocycles. The van der Waals surface area contributed by atoms with Crippen molar-refractivity contribution >= 4 is 28.3 Å². The molecule has 8 nitrogen and oxygen atoms in total. The van der Waals surface area contributed by atoms with Crippen LogP contribution >= 0.6 is 11.8 Å². The van der Waals surface area contributed by atoms with Crippen molar-refractivity contribution in [2.24, 2.45) is 4.99 Å². The van der Waals surface area contributed by atoms with Crippen LogP contribution in [0.25, 0.3) is 0 Å². The molecular weight excluding hydrogens is 380 g/mol. The van der Waals surface area contributed by atoms with E-state index < -0.39 is 4.92 Å². The number of H-pyrrole nitrogens is 1. The molecule has 2 aliphatic heterocycles. The first kappa shape index (κ1) is 18.9. The number of nitrogens with one attached hydrogen (secondary N) is 1. The van der Waals surface area contributed by atoms with Crippen molar-refractivity contribution in [3.8, 4) is 0 Å². The molecule has 28 heavy (non-hydrogen) atoms. The fourth-order valence-corrected chi connectivity index (χ4v) is 5.02. The summed E-state index contributed by atoms with van der Waals surface area (Å²) >= 11 is 1.45. The summed E-state index contributed by atoms with van der Waals surface area (Å²) in [6.45, 7) is 6.61. The first-order chi connectivity index (χ1) is 13.2. The maximum Gasteiger partial charge on any atom is 0.271 e. The third kappa shape index (κ3) is 3.40. The number of non-ortho nitro benzene ring substituents is 1. The van der Waals surface area contributed by atoms with E-state index in [1.165, 1.54) is 23.9 Å². The number of thioether (sulfide) groups is 1. The molecule has 0 unspecified atom stereocenters. The average molecular weight is 402 g/mol. The number of rotatable bonds is 3. The van der Waals surface area contributed by atoms with E-state index in [9.17, 15) is 14.9 Å². The molecule has 4 rings (SSSR count). The van der Waals surface area contributed by atoms with Crippen LogP contribution in [0.1, 0.15) is 56.0 Å². The lowest BCUT2D eigenvalue weighted by Crippen LogP contribution is -2.35. The Morgan fingerprint density at radius 1 is 1.43 bits per heavy atom. The van der Waals surface area contributed by atoms with Crippen LogP contribution in [-0.2, 0) is 4.74 Å². The zero-order chi connectivity index (χ0) is 20.1. The highest BCUT2D eigenvalue weighted by atomic mass is 32.2. The van der Waals surface area contributed by atoms with Crippen molar-refractivity contribution < 1.29 is 9.66 Å². The molecule has 0 aliphatic carbocycles. The van der Waals surface area contributed by atoms with Gasteiger partial charge < -0.3 is 4.74 Å². The number of hydrogen-bond donors (Lipinski definition) is 1. The van der Waals surface area contributed by atoms with Gasteiger partial charge >= 0.3 is 0 Å². The van der Waals surface area contributed by atoms with Crippen LogP contribution in [0.2, 0.25) is 0 Å². The number of nitrogens with zero attached hydrogens (tertiary/aromatic N) is 3. The van der Waals surface area contributed by atoms with Crippen molar-refractivity contribution in [3.05, 3.63) is 55.9 Å². The maximum atomic E-state index is 12.9. The van der Waals surface area contributed by atoms with E-state index in [0.29, 0.717) is 18.0 Å². The Labute approximate surface area is 166 Å². The molecule has 2 atom stereocenters. The standard InChI is InChI=1S/C19H22N4O4S/c1-11-20-17-15(16(28-11)12-5-4-6-13(9-12)23(25)26)18(24)21-22(17)14-7-8-27-19(2,3)10-14/h4-6,9,14,16H,7-8,10H2,1-3H3,(H,21,24)/t14-,16+/m1/s1. The predicted octanol–water partition coefficient (Wildman–Crippen LogP) is 4.10. The number of aromatic amines is 1. The fourth-order valence-electron chi connectivity index (χ4n) is 3.93. The Morgan fingerprint density at radius 2 is 2.21 bits per heavy atom. The van der Waals surface area contributed by atoms with Gasteiger partial charge in [0.25, 0.3) is 11.2 Å². The molecule has 1 aromatic carbocycles. The molecule has 148 valence electrons. The maximum absolute atomic E-state index is 12.9. The largest absolute Gasteiger partial charge is 0.375 e. The van der Waals surface area contributed by atoms with E-state index in [2.05, 4.69) is 10.1 Å². The van der Waals surface area contributed by atoms with E-state index >= 15 is 0 Å². The van der Waals surface area contributed by atoms with Crippen molar-refractivity contribution in [2.75, 3.05) is 6.61 Å². The summed E-state index contributed by atoms with van der Waals surface area (Å²) in [4.78, 5) is 28.3. The Hall–Kier alpha value is -2.39. The lowest BCUT2D eigenvalue weighted by atomic mass is 9.94. The SMILES string of the molecule is CC1=Nc2c(c(=O)[nH]n2[C@@H]2CCOC(C)(C)C2)[C@H](c2cccc([N+](=O)[O-])c2)S1. The van der Waals surface area contributed by atoms with Crippen molar-refractivity contribution in [1.82, 2.24) is 9.78 Å². The van der Waals surface area contributed by atoms with E-state index in [1.54, 1.807) is 6.07 Å². The molecule has 3 heterocycles. The molecule has 0 spiro atoms. The van der Waals surface area contributed by atoms with Crippen LogP contribution in [0.4, 0.5) is 11.5 Å². The topological polar surface area (TPSA) is 103 Å². The van der Waals surface area contributed by atoms with Gasteiger partial charge in [0.05, 0.1) is 32.4 Å². The number of aliphatic imine (C=N–C) groups is 1. The summed E-state index contributed by atoms with van der Waals surface area (Å²) in [7, 11) is 0. The Balaban J connectivity index is 1.80. The molecule has 9 heteroatoms. The summed E-state index contributed by atoms with van der Waals surface area (Å²) in [5, 5.41) is 14.6. The smallest absolute Gasteiger partial charge is 0.271 e. The number of ether oxygens (including phenoxy) is 1. The van der Waals surface area contributed by atoms with E-state index in [-0.39, 0.29) is 28.1 Å². The minimum absolute atomic E-state index is 0.0156. The molecule has 2 aromatic rings. The first-order valence-corrected chi connectivity index (χ1v) is 10.1.